The van der Waals surface area contributed by atoms with Crippen molar-refractivity contribution in [3.05, 3.63) is 63.8 Å². The average Bonchev–Trinajstić information content (AvgIpc) is 3.06. The predicted octanol–water partition coefficient (Wildman–Crippen LogP) is 5.42. The Morgan fingerprint density at radius 3 is 2.62 bits per heavy atom. The Bertz CT molecular complexity index is 1270. The van der Waals surface area contributed by atoms with Crippen LogP contribution in [-0.2, 0) is 0 Å². The van der Waals surface area contributed by atoms with Gasteiger partial charge in [0.15, 0.2) is 5.65 Å². The minimum absolute atomic E-state index is 0.0249. The number of hydrogen-bond acceptors (Lipinski definition) is 3. The van der Waals surface area contributed by atoms with Crippen LogP contribution in [0, 0.1) is 12.8 Å². The highest BCUT2D eigenvalue weighted by Gasteiger charge is 2.24. The van der Waals surface area contributed by atoms with Crippen LogP contribution in [-0.4, -0.2) is 19.2 Å². The van der Waals surface area contributed by atoms with Gasteiger partial charge in [0.2, 0.25) is 0 Å². The summed E-state index contributed by atoms with van der Waals surface area (Å²) < 4.78 is 3.71. The highest BCUT2D eigenvalue weighted by Crippen LogP contribution is 2.33. The third-order valence-electron chi connectivity index (χ3n) is 6.27. The number of aryl methyl sites for hydroxylation is 1. The molecule has 1 aliphatic carbocycles. The lowest BCUT2D eigenvalue weighted by molar-refractivity contribution is 0.253. The van der Waals surface area contributed by atoms with E-state index in [1.54, 1.807) is 10.7 Å². The average molecular weight is 407 g/mol. The third kappa shape index (κ3) is 2.96. The molecule has 1 fully saturated rings. The summed E-state index contributed by atoms with van der Waals surface area (Å²) in [5.41, 5.74) is 4.42. The quantitative estimate of drug-likeness (QED) is 0.446. The molecule has 2 unspecified atom stereocenters. The molecule has 0 aliphatic heterocycles. The molecule has 5 nitrogen and oxygen atoms in total. The van der Waals surface area contributed by atoms with E-state index < -0.39 is 0 Å². The number of halogens is 1. The summed E-state index contributed by atoms with van der Waals surface area (Å²) in [7, 11) is 0. The summed E-state index contributed by atoms with van der Waals surface area (Å²) in [6, 6.07) is 9.95. The molecule has 6 heteroatoms. The molecule has 1 aromatic carbocycles. The zero-order valence-electron chi connectivity index (χ0n) is 16.6. The summed E-state index contributed by atoms with van der Waals surface area (Å²) in [6.07, 6.45) is 8.31. The maximum atomic E-state index is 13.3. The van der Waals surface area contributed by atoms with E-state index in [1.165, 1.54) is 19.3 Å². The van der Waals surface area contributed by atoms with Crippen LogP contribution in [0.2, 0.25) is 5.02 Å². The van der Waals surface area contributed by atoms with Gasteiger partial charge in [-0.15, -0.1) is 0 Å². The summed E-state index contributed by atoms with van der Waals surface area (Å²) >= 11 is 6.04. The molecule has 0 bridgehead atoms. The van der Waals surface area contributed by atoms with Crippen LogP contribution in [0.5, 0.6) is 0 Å². The number of hydrogen-bond donors (Lipinski definition) is 0. The zero-order valence-corrected chi connectivity index (χ0v) is 17.4. The molecule has 0 radical (unpaired) electrons. The number of benzene rings is 1. The fourth-order valence-electron chi connectivity index (χ4n) is 4.72. The SMILES string of the molecule is Cc1nn2c(ncc3c(=O)n(C4CCCCC4C)ccc32)c1-c1ccc(Cl)cc1. The van der Waals surface area contributed by atoms with Gasteiger partial charge in [0.25, 0.3) is 5.56 Å². The van der Waals surface area contributed by atoms with E-state index in [-0.39, 0.29) is 11.6 Å². The Balaban J connectivity index is 1.70. The van der Waals surface area contributed by atoms with E-state index in [1.807, 2.05) is 48.0 Å². The van der Waals surface area contributed by atoms with Crippen LogP contribution in [0.3, 0.4) is 0 Å². The Kier molecular flexibility index (Phi) is 4.43. The van der Waals surface area contributed by atoms with Gasteiger partial charge in [-0.05, 0) is 49.4 Å². The second-order valence-corrected chi connectivity index (χ2v) is 8.55. The summed E-state index contributed by atoms with van der Waals surface area (Å²) in [5.74, 6) is 0.513. The Labute approximate surface area is 174 Å². The first-order chi connectivity index (χ1) is 14.0. The maximum absolute atomic E-state index is 13.3. The first-order valence-corrected chi connectivity index (χ1v) is 10.6. The molecule has 0 saturated heterocycles. The lowest BCUT2D eigenvalue weighted by Gasteiger charge is -2.30. The molecule has 0 amide bonds. The minimum Gasteiger partial charge on any atom is -0.312 e. The Hall–Kier alpha value is -2.66. The van der Waals surface area contributed by atoms with Crippen LogP contribution in [0.4, 0.5) is 0 Å². The van der Waals surface area contributed by atoms with Gasteiger partial charge in [-0.3, -0.25) is 4.79 Å². The molecule has 29 heavy (non-hydrogen) atoms. The number of rotatable bonds is 2. The molecular formula is C23H23ClN4O. The van der Waals surface area contributed by atoms with Crippen LogP contribution < -0.4 is 5.56 Å². The van der Waals surface area contributed by atoms with Crippen molar-refractivity contribution in [1.29, 1.82) is 0 Å². The molecular weight excluding hydrogens is 384 g/mol. The molecule has 1 saturated carbocycles. The van der Waals surface area contributed by atoms with E-state index in [2.05, 4.69) is 11.9 Å². The van der Waals surface area contributed by atoms with E-state index in [0.29, 0.717) is 16.3 Å². The van der Waals surface area contributed by atoms with Gasteiger partial charge >= 0.3 is 0 Å². The van der Waals surface area contributed by atoms with Crippen molar-refractivity contribution in [3.63, 3.8) is 0 Å². The highest BCUT2D eigenvalue weighted by molar-refractivity contribution is 6.30. The van der Waals surface area contributed by atoms with Gasteiger partial charge in [-0.2, -0.15) is 5.10 Å². The molecule has 0 spiro atoms. The van der Waals surface area contributed by atoms with Crippen molar-refractivity contribution in [2.24, 2.45) is 5.92 Å². The van der Waals surface area contributed by atoms with Crippen molar-refractivity contribution in [1.82, 2.24) is 19.2 Å². The normalized spacial score (nSPS) is 19.8. The number of nitrogens with zero attached hydrogens (tertiary/aromatic N) is 4. The number of aromatic nitrogens is 4. The van der Waals surface area contributed by atoms with Crippen LogP contribution in [0.25, 0.3) is 27.7 Å². The van der Waals surface area contributed by atoms with Crippen LogP contribution in [0.1, 0.15) is 44.3 Å². The highest BCUT2D eigenvalue weighted by atomic mass is 35.5. The molecule has 148 valence electrons. The Morgan fingerprint density at radius 2 is 1.86 bits per heavy atom. The monoisotopic (exact) mass is 406 g/mol. The Morgan fingerprint density at radius 1 is 1.10 bits per heavy atom. The largest absolute Gasteiger partial charge is 0.312 e. The smallest absolute Gasteiger partial charge is 0.261 e. The summed E-state index contributed by atoms with van der Waals surface area (Å²) in [4.78, 5) is 17.9. The standard InChI is InChI=1S/C23H23ClN4O/c1-14-5-3-4-6-19(14)27-12-11-20-18(23(27)29)13-25-22-21(15(2)26-28(20)22)16-7-9-17(24)10-8-16/h7-14,19H,3-6H2,1-2H3. The van der Waals surface area contributed by atoms with Crippen LogP contribution in [0.15, 0.2) is 47.5 Å². The molecule has 3 aromatic heterocycles. The topological polar surface area (TPSA) is 52.2 Å². The summed E-state index contributed by atoms with van der Waals surface area (Å²) in [6.45, 7) is 4.21. The van der Waals surface area contributed by atoms with Crippen molar-refractivity contribution in [2.75, 3.05) is 0 Å². The molecule has 5 rings (SSSR count). The molecule has 2 atom stereocenters. The van der Waals surface area contributed by atoms with Crippen molar-refractivity contribution < 1.29 is 0 Å². The zero-order chi connectivity index (χ0) is 20.1. The third-order valence-corrected chi connectivity index (χ3v) is 6.52. The van der Waals surface area contributed by atoms with Gasteiger partial charge in [-0.1, -0.05) is 43.5 Å². The lowest BCUT2D eigenvalue weighted by atomic mass is 9.85. The first kappa shape index (κ1) is 18.4. The molecule has 0 N–H and O–H groups in total. The first-order valence-electron chi connectivity index (χ1n) is 10.2. The predicted molar refractivity (Wildman–Crippen MR) is 117 cm³/mol. The van der Waals surface area contributed by atoms with Gasteiger partial charge in [-0.25, -0.2) is 9.50 Å². The molecule has 3 heterocycles. The maximum Gasteiger partial charge on any atom is 0.261 e. The fraction of sp³-hybridized carbons (Fsp3) is 0.348. The second-order valence-electron chi connectivity index (χ2n) is 8.12. The number of fused-ring (bicyclic) bond motifs is 3. The molecule has 1 aliphatic rings. The summed E-state index contributed by atoms with van der Waals surface area (Å²) in [5, 5.41) is 6.02. The van der Waals surface area contributed by atoms with E-state index in [9.17, 15) is 4.79 Å². The minimum atomic E-state index is 0.0249. The van der Waals surface area contributed by atoms with Gasteiger partial charge in [0.1, 0.15) is 0 Å². The van der Waals surface area contributed by atoms with Gasteiger partial charge < -0.3 is 4.57 Å². The van der Waals surface area contributed by atoms with E-state index >= 15 is 0 Å². The van der Waals surface area contributed by atoms with Crippen LogP contribution >= 0.6 is 11.6 Å². The molecule has 4 aromatic rings. The van der Waals surface area contributed by atoms with Crippen molar-refractivity contribution >= 4 is 28.2 Å². The van der Waals surface area contributed by atoms with Gasteiger partial charge in [0.05, 0.1) is 16.6 Å². The number of pyridine rings is 1. The second kappa shape index (κ2) is 6.99. The van der Waals surface area contributed by atoms with Crippen molar-refractivity contribution in [2.45, 2.75) is 45.6 Å². The fourth-order valence-corrected chi connectivity index (χ4v) is 4.84. The van der Waals surface area contributed by atoms with E-state index in [0.717, 1.165) is 34.4 Å². The lowest BCUT2D eigenvalue weighted by Crippen LogP contribution is -2.30. The van der Waals surface area contributed by atoms with Crippen molar-refractivity contribution in [3.8, 4) is 11.1 Å². The van der Waals surface area contributed by atoms with E-state index in [4.69, 9.17) is 16.7 Å². The van der Waals surface area contributed by atoms with Gasteiger partial charge in [0, 0.05) is 29.0 Å².